The van der Waals surface area contributed by atoms with Gasteiger partial charge in [-0.25, -0.2) is 4.98 Å². The predicted octanol–water partition coefficient (Wildman–Crippen LogP) is 2.40. The summed E-state index contributed by atoms with van der Waals surface area (Å²) in [4.78, 5) is 18.5. The zero-order valence-corrected chi connectivity index (χ0v) is 13.4. The van der Waals surface area contributed by atoms with E-state index in [4.69, 9.17) is 4.42 Å². The summed E-state index contributed by atoms with van der Waals surface area (Å²) in [6, 6.07) is 4.18. The molecule has 1 amide bonds. The first-order valence-corrected chi connectivity index (χ1v) is 7.89. The minimum absolute atomic E-state index is 0.00320. The lowest BCUT2D eigenvalue weighted by molar-refractivity contribution is -0.120. The average Bonchev–Trinajstić information content (AvgIpc) is 3.08. The smallest absolute Gasteiger partial charge is 0.226 e. The SMILES string of the molecule is CC(C)N(C)CCNC(=O)Cc1csc(-c2ccco2)n1. The third-order valence-electron chi connectivity index (χ3n) is 3.29. The van der Waals surface area contributed by atoms with E-state index in [1.54, 1.807) is 6.26 Å². The Morgan fingerprint density at radius 1 is 1.52 bits per heavy atom. The van der Waals surface area contributed by atoms with Crippen molar-refractivity contribution in [3.63, 3.8) is 0 Å². The molecule has 0 saturated heterocycles. The fourth-order valence-corrected chi connectivity index (χ4v) is 2.54. The van der Waals surface area contributed by atoms with Gasteiger partial charge in [0.05, 0.1) is 18.4 Å². The molecule has 5 nitrogen and oxygen atoms in total. The Hall–Kier alpha value is -1.66. The molecule has 0 fully saturated rings. The van der Waals surface area contributed by atoms with E-state index in [1.807, 2.05) is 24.6 Å². The van der Waals surface area contributed by atoms with Gasteiger partial charge in [-0.15, -0.1) is 11.3 Å². The summed E-state index contributed by atoms with van der Waals surface area (Å²) in [7, 11) is 2.05. The van der Waals surface area contributed by atoms with Crippen molar-refractivity contribution in [2.45, 2.75) is 26.3 Å². The van der Waals surface area contributed by atoms with Crippen molar-refractivity contribution in [3.8, 4) is 10.8 Å². The minimum atomic E-state index is 0.00320. The molecule has 6 heteroatoms. The number of thiazole rings is 1. The normalized spacial score (nSPS) is 11.3. The van der Waals surface area contributed by atoms with Crippen LogP contribution in [-0.4, -0.2) is 42.0 Å². The van der Waals surface area contributed by atoms with Gasteiger partial charge in [0.15, 0.2) is 10.8 Å². The van der Waals surface area contributed by atoms with E-state index in [9.17, 15) is 4.79 Å². The largest absolute Gasteiger partial charge is 0.462 e. The molecule has 2 aromatic rings. The highest BCUT2D eigenvalue weighted by molar-refractivity contribution is 7.13. The molecule has 0 aliphatic carbocycles. The molecule has 0 atom stereocenters. The summed E-state index contributed by atoms with van der Waals surface area (Å²) in [5.74, 6) is 0.744. The summed E-state index contributed by atoms with van der Waals surface area (Å²) >= 11 is 1.49. The number of nitrogens with one attached hydrogen (secondary N) is 1. The summed E-state index contributed by atoms with van der Waals surface area (Å²) in [6.45, 7) is 5.77. The Morgan fingerprint density at radius 2 is 2.33 bits per heavy atom. The van der Waals surface area contributed by atoms with Crippen molar-refractivity contribution in [1.82, 2.24) is 15.2 Å². The molecule has 0 spiro atoms. The minimum Gasteiger partial charge on any atom is -0.462 e. The Balaban J connectivity index is 1.78. The molecule has 0 radical (unpaired) electrons. The zero-order chi connectivity index (χ0) is 15.2. The second-order valence-corrected chi connectivity index (χ2v) is 6.08. The molecule has 0 bridgehead atoms. The van der Waals surface area contributed by atoms with Crippen molar-refractivity contribution in [3.05, 3.63) is 29.5 Å². The topological polar surface area (TPSA) is 58.4 Å². The van der Waals surface area contributed by atoms with Crippen LogP contribution in [0.2, 0.25) is 0 Å². The van der Waals surface area contributed by atoms with Gasteiger partial charge in [0.2, 0.25) is 5.91 Å². The number of carbonyl (C=O) groups is 1. The number of rotatable bonds is 7. The van der Waals surface area contributed by atoms with Crippen LogP contribution in [0.15, 0.2) is 28.2 Å². The Kier molecular flexibility index (Phi) is 5.52. The van der Waals surface area contributed by atoms with E-state index in [-0.39, 0.29) is 5.91 Å². The van der Waals surface area contributed by atoms with Crippen molar-refractivity contribution in [2.24, 2.45) is 0 Å². The van der Waals surface area contributed by atoms with Crippen molar-refractivity contribution >= 4 is 17.2 Å². The standard InChI is InChI=1S/C15H21N3O2S/c1-11(2)18(3)7-6-16-14(19)9-12-10-21-15(17-12)13-5-4-8-20-13/h4-5,8,10-11H,6-7,9H2,1-3H3,(H,16,19). The molecule has 21 heavy (non-hydrogen) atoms. The van der Waals surface area contributed by atoms with Crippen LogP contribution in [0.1, 0.15) is 19.5 Å². The molecule has 2 aromatic heterocycles. The monoisotopic (exact) mass is 307 g/mol. The molecule has 0 saturated carbocycles. The number of aromatic nitrogens is 1. The molecule has 0 aromatic carbocycles. The number of hydrogen-bond donors (Lipinski definition) is 1. The van der Waals surface area contributed by atoms with Gasteiger partial charge in [-0.2, -0.15) is 0 Å². The number of furan rings is 1. The van der Waals surface area contributed by atoms with Crippen LogP contribution in [0.3, 0.4) is 0 Å². The molecule has 2 heterocycles. The third kappa shape index (κ3) is 4.68. The van der Waals surface area contributed by atoms with Gasteiger partial charge in [-0.05, 0) is 33.0 Å². The summed E-state index contributed by atoms with van der Waals surface area (Å²) < 4.78 is 5.29. The number of nitrogens with zero attached hydrogens (tertiary/aromatic N) is 2. The average molecular weight is 307 g/mol. The van der Waals surface area contributed by atoms with E-state index >= 15 is 0 Å². The molecule has 2 rings (SSSR count). The second kappa shape index (κ2) is 7.38. The lowest BCUT2D eigenvalue weighted by atomic mass is 10.3. The number of hydrogen-bond acceptors (Lipinski definition) is 5. The molecule has 0 unspecified atom stereocenters. The molecule has 0 aliphatic rings. The van der Waals surface area contributed by atoms with Crippen LogP contribution in [0.5, 0.6) is 0 Å². The maximum Gasteiger partial charge on any atom is 0.226 e. The quantitative estimate of drug-likeness (QED) is 0.853. The van der Waals surface area contributed by atoms with Crippen LogP contribution >= 0.6 is 11.3 Å². The van der Waals surface area contributed by atoms with Crippen molar-refractivity contribution < 1.29 is 9.21 Å². The van der Waals surface area contributed by atoms with E-state index in [0.29, 0.717) is 19.0 Å². The highest BCUT2D eigenvalue weighted by Crippen LogP contribution is 2.23. The summed E-state index contributed by atoms with van der Waals surface area (Å²) in [5, 5.41) is 5.63. The highest BCUT2D eigenvalue weighted by atomic mass is 32.1. The fraction of sp³-hybridized carbons (Fsp3) is 0.467. The van der Waals surface area contributed by atoms with Crippen LogP contribution in [0.25, 0.3) is 10.8 Å². The molecular weight excluding hydrogens is 286 g/mol. The van der Waals surface area contributed by atoms with E-state index in [2.05, 4.69) is 29.0 Å². The summed E-state index contributed by atoms with van der Waals surface area (Å²) in [5.41, 5.74) is 0.779. The maximum atomic E-state index is 11.9. The van der Waals surface area contributed by atoms with Crippen LogP contribution in [-0.2, 0) is 11.2 Å². The third-order valence-corrected chi connectivity index (χ3v) is 4.20. The van der Waals surface area contributed by atoms with Gasteiger partial charge in [0.1, 0.15) is 0 Å². The first kappa shape index (κ1) is 15.7. The van der Waals surface area contributed by atoms with Crippen LogP contribution in [0, 0.1) is 0 Å². The number of amides is 1. The van der Waals surface area contributed by atoms with E-state index in [0.717, 1.165) is 23.0 Å². The first-order chi connectivity index (χ1) is 10.1. The Labute approximate surface area is 129 Å². The van der Waals surface area contributed by atoms with Crippen LogP contribution in [0.4, 0.5) is 0 Å². The maximum absolute atomic E-state index is 11.9. The number of likely N-dealkylation sites (N-methyl/N-ethyl adjacent to an activating group) is 1. The Bertz CT molecular complexity index is 563. The Morgan fingerprint density at radius 3 is 3.00 bits per heavy atom. The lowest BCUT2D eigenvalue weighted by Crippen LogP contribution is -2.36. The van der Waals surface area contributed by atoms with E-state index in [1.165, 1.54) is 11.3 Å². The lowest BCUT2D eigenvalue weighted by Gasteiger charge is -2.20. The van der Waals surface area contributed by atoms with E-state index < -0.39 is 0 Å². The van der Waals surface area contributed by atoms with Gasteiger partial charge in [0, 0.05) is 24.5 Å². The van der Waals surface area contributed by atoms with Gasteiger partial charge >= 0.3 is 0 Å². The van der Waals surface area contributed by atoms with Crippen molar-refractivity contribution in [1.29, 1.82) is 0 Å². The summed E-state index contributed by atoms with van der Waals surface area (Å²) in [6.07, 6.45) is 1.93. The fourth-order valence-electron chi connectivity index (χ4n) is 1.76. The molecule has 1 N–H and O–H groups in total. The van der Waals surface area contributed by atoms with Gasteiger partial charge in [0.25, 0.3) is 0 Å². The molecule has 114 valence electrons. The van der Waals surface area contributed by atoms with Crippen molar-refractivity contribution in [2.75, 3.05) is 20.1 Å². The molecular formula is C15H21N3O2S. The van der Waals surface area contributed by atoms with Gasteiger partial charge in [-0.1, -0.05) is 0 Å². The zero-order valence-electron chi connectivity index (χ0n) is 12.6. The van der Waals surface area contributed by atoms with Gasteiger partial charge in [-0.3, -0.25) is 4.79 Å². The van der Waals surface area contributed by atoms with Gasteiger partial charge < -0.3 is 14.6 Å². The predicted molar refractivity (Wildman–Crippen MR) is 84.3 cm³/mol. The number of carbonyl (C=O) groups excluding carboxylic acids is 1. The molecule has 0 aliphatic heterocycles. The van der Waals surface area contributed by atoms with Crippen LogP contribution < -0.4 is 5.32 Å². The highest BCUT2D eigenvalue weighted by Gasteiger charge is 2.10. The second-order valence-electron chi connectivity index (χ2n) is 5.22. The first-order valence-electron chi connectivity index (χ1n) is 7.01.